The summed E-state index contributed by atoms with van der Waals surface area (Å²) in [4.78, 5) is 15.7. The lowest BCUT2D eigenvalue weighted by molar-refractivity contribution is 0.0697. The molecule has 1 atom stereocenters. The van der Waals surface area contributed by atoms with Crippen LogP contribution in [-0.4, -0.2) is 20.6 Å². The molecule has 1 aromatic heterocycles. The van der Waals surface area contributed by atoms with Crippen molar-refractivity contribution in [1.82, 2.24) is 9.55 Å². The molecule has 0 spiro atoms. The lowest BCUT2D eigenvalue weighted by Crippen LogP contribution is -2.08. The minimum absolute atomic E-state index is 0.319. The highest BCUT2D eigenvalue weighted by molar-refractivity contribution is 5.92. The second-order valence-corrected chi connectivity index (χ2v) is 4.91. The predicted octanol–water partition coefficient (Wildman–Crippen LogP) is 3.66. The largest absolute Gasteiger partial charge is 0.478 e. The van der Waals surface area contributed by atoms with Gasteiger partial charge in [0.2, 0.25) is 0 Å². The molecular weight excluding hydrogens is 240 g/mol. The molecule has 102 valence electrons. The summed E-state index contributed by atoms with van der Waals surface area (Å²) < 4.78 is 2.19. The third kappa shape index (κ3) is 2.48. The number of hydrogen-bond donors (Lipinski definition) is 1. The highest BCUT2D eigenvalue weighted by atomic mass is 16.4. The number of nitrogens with zero attached hydrogens (tertiary/aromatic N) is 2. The number of imidazole rings is 1. The Hall–Kier alpha value is -1.84. The van der Waals surface area contributed by atoms with Gasteiger partial charge >= 0.3 is 5.97 Å². The van der Waals surface area contributed by atoms with Crippen molar-refractivity contribution in [1.29, 1.82) is 0 Å². The summed E-state index contributed by atoms with van der Waals surface area (Å²) in [6, 6.07) is 5.48. The van der Waals surface area contributed by atoms with Gasteiger partial charge in [-0.15, -0.1) is 0 Å². The number of rotatable bonds is 5. The molecule has 0 aliphatic heterocycles. The Bertz CT molecular complexity index is 601. The average molecular weight is 260 g/mol. The van der Waals surface area contributed by atoms with Crippen LogP contribution in [0.5, 0.6) is 0 Å². The minimum atomic E-state index is -0.893. The first-order valence-electron chi connectivity index (χ1n) is 6.82. The van der Waals surface area contributed by atoms with Crippen LogP contribution in [0.15, 0.2) is 18.2 Å². The van der Waals surface area contributed by atoms with E-state index in [1.807, 2.05) is 0 Å². The minimum Gasteiger partial charge on any atom is -0.478 e. The molecule has 0 radical (unpaired) electrons. The molecule has 0 aliphatic rings. The Labute approximate surface area is 113 Å². The smallest absolute Gasteiger partial charge is 0.335 e. The first kappa shape index (κ1) is 13.6. The number of benzene rings is 1. The van der Waals surface area contributed by atoms with E-state index in [0.717, 1.165) is 36.1 Å². The molecule has 0 saturated carbocycles. The standard InChI is InChI=1S/C15H20N2O2/c1-4-6-14-16-12-8-7-11(15(18)19)9-13(12)17(14)10(3)5-2/h7-10H,4-6H2,1-3H3,(H,18,19). The van der Waals surface area contributed by atoms with Gasteiger partial charge in [0.1, 0.15) is 5.82 Å². The Morgan fingerprint density at radius 1 is 1.42 bits per heavy atom. The second-order valence-electron chi connectivity index (χ2n) is 4.91. The van der Waals surface area contributed by atoms with Gasteiger partial charge in [-0.3, -0.25) is 0 Å². The molecule has 4 heteroatoms. The number of carboxylic acids is 1. The van der Waals surface area contributed by atoms with E-state index in [-0.39, 0.29) is 0 Å². The lowest BCUT2D eigenvalue weighted by Gasteiger charge is -2.15. The zero-order valence-corrected chi connectivity index (χ0v) is 11.7. The number of fused-ring (bicyclic) bond motifs is 1. The van der Waals surface area contributed by atoms with E-state index >= 15 is 0 Å². The molecule has 19 heavy (non-hydrogen) atoms. The Morgan fingerprint density at radius 3 is 2.74 bits per heavy atom. The van der Waals surface area contributed by atoms with Gasteiger partial charge in [-0.2, -0.15) is 0 Å². The van der Waals surface area contributed by atoms with E-state index in [1.165, 1.54) is 0 Å². The molecule has 0 amide bonds. The summed E-state index contributed by atoms with van der Waals surface area (Å²) in [6.45, 7) is 6.41. The quantitative estimate of drug-likeness (QED) is 0.892. The third-order valence-electron chi connectivity index (χ3n) is 3.51. The van der Waals surface area contributed by atoms with Crippen LogP contribution in [0.25, 0.3) is 11.0 Å². The molecule has 1 unspecified atom stereocenters. The maximum atomic E-state index is 11.1. The van der Waals surface area contributed by atoms with Crippen molar-refractivity contribution >= 4 is 17.0 Å². The number of hydrogen-bond acceptors (Lipinski definition) is 2. The van der Waals surface area contributed by atoms with Crippen LogP contribution in [0.2, 0.25) is 0 Å². The number of aromatic carboxylic acids is 1. The maximum absolute atomic E-state index is 11.1. The summed E-state index contributed by atoms with van der Waals surface area (Å²) in [5.74, 6) is 0.158. The third-order valence-corrected chi connectivity index (χ3v) is 3.51. The molecule has 0 saturated heterocycles. The van der Waals surface area contributed by atoms with E-state index < -0.39 is 5.97 Å². The molecule has 1 N–H and O–H groups in total. The van der Waals surface area contributed by atoms with Gasteiger partial charge < -0.3 is 9.67 Å². The topological polar surface area (TPSA) is 55.1 Å². The zero-order chi connectivity index (χ0) is 14.0. The summed E-state index contributed by atoms with van der Waals surface area (Å²) in [5, 5.41) is 9.11. The fourth-order valence-corrected chi connectivity index (χ4v) is 2.35. The first-order valence-corrected chi connectivity index (χ1v) is 6.82. The van der Waals surface area contributed by atoms with E-state index in [9.17, 15) is 4.79 Å². The Morgan fingerprint density at radius 2 is 2.16 bits per heavy atom. The highest BCUT2D eigenvalue weighted by Crippen LogP contribution is 2.25. The average Bonchev–Trinajstić information content (AvgIpc) is 2.75. The van der Waals surface area contributed by atoms with Gasteiger partial charge in [0.05, 0.1) is 16.6 Å². The van der Waals surface area contributed by atoms with Crippen LogP contribution in [0.1, 0.15) is 55.8 Å². The van der Waals surface area contributed by atoms with Crippen molar-refractivity contribution in [2.45, 2.75) is 46.1 Å². The number of aryl methyl sites for hydroxylation is 1. The highest BCUT2D eigenvalue weighted by Gasteiger charge is 2.15. The predicted molar refractivity (Wildman–Crippen MR) is 75.7 cm³/mol. The Balaban J connectivity index is 2.66. The summed E-state index contributed by atoms with van der Waals surface area (Å²) in [7, 11) is 0. The van der Waals surface area contributed by atoms with Crippen molar-refractivity contribution in [3.05, 3.63) is 29.6 Å². The molecule has 4 nitrogen and oxygen atoms in total. The molecule has 0 fully saturated rings. The Kier molecular flexibility index (Phi) is 3.88. The van der Waals surface area contributed by atoms with Crippen molar-refractivity contribution in [3.63, 3.8) is 0 Å². The van der Waals surface area contributed by atoms with Gasteiger partial charge in [-0.25, -0.2) is 9.78 Å². The molecule has 2 aromatic rings. The summed E-state index contributed by atoms with van der Waals surface area (Å²) in [5.41, 5.74) is 2.13. The van der Waals surface area contributed by atoms with Crippen LogP contribution in [0.4, 0.5) is 0 Å². The molecule has 2 rings (SSSR count). The van der Waals surface area contributed by atoms with Crippen LogP contribution < -0.4 is 0 Å². The first-order chi connectivity index (χ1) is 9.08. The molecule has 0 aliphatic carbocycles. The molecule has 0 bridgehead atoms. The van der Waals surface area contributed by atoms with Crippen LogP contribution in [0.3, 0.4) is 0 Å². The van der Waals surface area contributed by atoms with Crippen molar-refractivity contribution in [3.8, 4) is 0 Å². The van der Waals surface area contributed by atoms with E-state index in [0.29, 0.717) is 11.6 Å². The van der Waals surface area contributed by atoms with Gasteiger partial charge in [-0.1, -0.05) is 13.8 Å². The molecular formula is C15H20N2O2. The summed E-state index contributed by atoms with van der Waals surface area (Å²) >= 11 is 0. The van der Waals surface area contributed by atoms with Crippen LogP contribution in [-0.2, 0) is 6.42 Å². The fraction of sp³-hybridized carbons (Fsp3) is 0.467. The van der Waals surface area contributed by atoms with Gasteiger partial charge in [0.25, 0.3) is 0 Å². The van der Waals surface area contributed by atoms with Crippen molar-refractivity contribution in [2.75, 3.05) is 0 Å². The van der Waals surface area contributed by atoms with E-state index in [4.69, 9.17) is 5.11 Å². The SMILES string of the molecule is CCCc1nc2ccc(C(=O)O)cc2n1C(C)CC. The zero-order valence-electron chi connectivity index (χ0n) is 11.7. The van der Waals surface area contributed by atoms with Crippen LogP contribution in [0, 0.1) is 0 Å². The van der Waals surface area contributed by atoms with E-state index in [2.05, 4.69) is 30.3 Å². The normalized spacial score (nSPS) is 12.8. The number of carbonyl (C=O) groups is 1. The maximum Gasteiger partial charge on any atom is 0.335 e. The van der Waals surface area contributed by atoms with Gasteiger partial charge in [-0.05, 0) is 38.0 Å². The van der Waals surface area contributed by atoms with Gasteiger partial charge in [0, 0.05) is 12.5 Å². The monoisotopic (exact) mass is 260 g/mol. The van der Waals surface area contributed by atoms with Crippen molar-refractivity contribution < 1.29 is 9.90 Å². The van der Waals surface area contributed by atoms with Gasteiger partial charge in [0.15, 0.2) is 0 Å². The number of aromatic nitrogens is 2. The molecule has 1 heterocycles. The van der Waals surface area contributed by atoms with E-state index in [1.54, 1.807) is 18.2 Å². The molecule has 1 aromatic carbocycles. The number of carboxylic acid groups (broad SMARTS) is 1. The van der Waals surface area contributed by atoms with Crippen LogP contribution >= 0.6 is 0 Å². The summed E-state index contributed by atoms with van der Waals surface area (Å²) in [6.07, 6.45) is 2.95. The lowest BCUT2D eigenvalue weighted by atomic mass is 10.2. The van der Waals surface area contributed by atoms with Crippen molar-refractivity contribution in [2.24, 2.45) is 0 Å². The second kappa shape index (κ2) is 5.43. The fourth-order valence-electron chi connectivity index (χ4n) is 2.35.